The summed E-state index contributed by atoms with van der Waals surface area (Å²) in [6.45, 7) is 2.97. The van der Waals surface area contributed by atoms with Gasteiger partial charge in [-0.2, -0.15) is 0 Å². The number of nitrogens with zero attached hydrogens (tertiary/aromatic N) is 3. The Morgan fingerprint density at radius 1 is 1.26 bits per heavy atom. The first-order valence-electron chi connectivity index (χ1n) is 8.22. The molecule has 0 spiro atoms. The Morgan fingerprint density at radius 2 is 2.00 bits per heavy atom. The molecule has 3 heterocycles. The molecule has 23 heavy (non-hydrogen) atoms. The zero-order chi connectivity index (χ0) is 16.2. The van der Waals surface area contributed by atoms with Crippen LogP contribution in [-0.2, 0) is 22.5 Å². The molecule has 1 fully saturated rings. The molecule has 6 nitrogen and oxygen atoms in total. The number of carbonyl (C=O) groups is 1. The van der Waals surface area contributed by atoms with E-state index < -0.39 is 0 Å². The summed E-state index contributed by atoms with van der Waals surface area (Å²) < 4.78 is 6.82. The fraction of sp³-hybridized carbons (Fsp3) is 0.529. The van der Waals surface area contributed by atoms with Gasteiger partial charge in [-0.15, -0.1) is 0 Å². The molecular formula is C17H24N4O2. The van der Waals surface area contributed by atoms with Gasteiger partial charge in [0.05, 0.1) is 24.9 Å². The first-order valence-corrected chi connectivity index (χ1v) is 8.22. The van der Waals surface area contributed by atoms with Crippen molar-refractivity contribution in [2.24, 2.45) is 0 Å². The topological polar surface area (TPSA) is 72.9 Å². The average molecular weight is 316 g/mol. The van der Waals surface area contributed by atoms with Gasteiger partial charge in [0.2, 0.25) is 0 Å². The third kappa shape index (κ3) is 3.64. The lowest BCUT2D eigenvalue weighted by molar-refractivity contribution is -0.139. The molecule has 2 aromatic heterocycles. The quantitative estimate of drug-likeness (QED) is 0.874. The summed E-state index contributed by atoms with van der Waals surface area (Å²) in [5, 5.41) is 0. The van der Waals surface area contributed by atoms with Gasteiger partial charge < -0.3 is 14.9 Å². The number of ether oxygens (including phenoxy) is 1. The summed E-state index contributed by atoms with van der Waals surface area (Å²) in [6.07, 6.45) is 7.13. The van der Waals surface area contributed by atoms with Crippen LogP contribution in [0.1, 0.15) is 37.1 Å². The van der Waals surface area contributed by atoms with Crippen molar-refractivity contribution in [3.05, 3.63) is 29.7 Å². The molecule has 2 aromatic rings. The number of nitrogens with two attached hydrogens (primary N) is 1. The van der Waals surface area contributed by atoms with Crippen molar-refractivity contribution in [2.75, 3.05) is 25.9 Å². The third-order valence-corrected chi connectivity index (χ3v) is 4.43. The van der Waals surface area contributed by atoms with Crippen LogP contribution in [0, 0.1) is 0 Å². The Balaban J connectivity index is 1.94. The maximum Gasteiger partial charge on any atom is 0.311 e. The van der Waals surface area contributed by atoms with Crippen LogP contribution in [-0.4, -0.2) is 40.5 Å². The van der Waals surface area contributed by atoms with E-state index in [1.807, 2.05) is 22.7 Å². The van der Waals surface area contributed by atoms with Gasteiger partial charge in [0.1, 0.15) is 5.65 Å². The lowest BCUT2D eigenvalue weighted by atomic mass is 10.2. The first kappa shape index (κ1) is 15.8. The van der Waals surface area contributed by atoms with E-state index in [9.17, 15) is 4.79 Å². The lowest BCUT2D eigenvalue weighted by Gasteiger charge is -2.20. The molecule has 2 N–H and O–H groups in total. The number of imidazole rings is 1. The van der Waals surface area contributed by atoms with E-state index >= 15 is 0 Å². The molecule has 1 aliphatic rings. The van der Waals surface area contributed by atoms with E-state index in [4.69, 9.17) is 10.5 Å². The molecular weight excluding hydrogens is 292 g/mol. The molecule has 0 radical (unpaired) electrons. The van der Waals surface area contributed by atoms with Crippen LogP contribution in [0.3, 0.4) is 0 Å². The van der Waals surface area contributed by atoms with Gasteiger partial charge in [-0.25, -0.2) is 4.98 Å². The number of likely N-dealkylation sites (tertiary alicyclic amines) is 1. The van der Waals surface area contributed by atoms with E-state index in [-0.39, 0.29) is 12.4 Å². The number of anilines is 1. The Hall–Kier alpha value is -2.08. The van der Waals surface area contributed by atoms with Gasteiger partial charge in [-0.05, 0) is 38.1 Å². The largest absolute Gasteiger partial charge is 0.469 e. The maximum atomic E-state index is 11.7. The molecule has 1 saturated heterocycles. The van der Waals surface area contributed by atoms with Crippen molar-refractivity contribution in [2.45, 2.75) is 38.6 Å². The Labute approximate surface area is 136 Å². The molecule has 124 valence electrons. The molecule has 0 aromatic carbocycles. The van der Waals surface area contributed by atoms with Gasteiger partial charge >= 0.3 is 5.97 Å². The molecule has 6 heteroatoms. The smallest absolute Gasteiger partial charge is 0.311 e. The number of carbonyl (C=O) groups excluding carboxylic acids is 1. The van der Waals surface area contributed by atoms with Gasteiger partial charge in [-0.3, -0.25) is 9.69 Å². The average Bonchev–Trinajstić information content (AvgIpc) is 2.73. The van der Waals surface area contributed by atoms with Crippen LogP contribution in [0.5, 0.6) is 0 Å². The minimum absolute atomic E-state index is 0.196. The van der Waals surface area contributed by atoms with Crippen LogP contribution in [0.2, 0.25) is 0 Å². The third-order valence-electron chi connectivity index (χ3n) is 4.43. The predicted molar refractivity (Wildman–Crippen MR) is 89.1 cm³/mol. The fourth-order valence-corrected chi connectivity index (χ4v) is 3.18. The fourth-order valence-electron chi connectivity index (χ4n) is 3.18. The number of pyridine rings is 1. The highest BCUT2D eigenvalue weighted by Gasteiger charge is 2.19. The molecule has 0 unspecified atom stereocenters. The number of methoxy groups -OCH3 is 1. The summed E-state index contributed by atoms with van der Waals surface area (Å²) in [6, 6.07) is 3.72. The van der Waals surface area contributed by atoms with Crippen LogP contribution in [0.4, 0.5) is 5.69 Å². The molecule has 1 aliphatic heterocycles. The van der Waals surface area contributed by atoms with Gasteiger partial charge in [0, 0.05) is 18.4 Å². The summed E-state index contributed by atoms with van der Waals surface area (Å²) in [4.78, 5) is 18.8. The molecule has 0 amide bonds. The van der Waals surface area contributed by atoms with E-state index in [1.165, 1.54) is 32.8 Å². The second-order valence-corrected chi connectivity index (χ2v) is 6.14. The van der Waals surface area contributed by atoms with Gasteiger partial charge in [0.15, 0.2) is 0 Å². The number of hydrogen-bond acceptors (Lipinski definition) is 5. The minimum Gasteiger partial charge on any atom is -0.469 e. The second-order valence-electron chi connectivity index (χ2n) is 6.14. The number of fused-ring (bicyclic) bond motifs is 1. The van der Waals surface area contributed by atoms with Crippen LogP contribution in [0.25, 0.3) is 5.65 Å². The molecule has 3 rings (SSSR count). The molecule has 0 bridgehead atoms. The molecule has 0 saturated carbocycles. The van der Waals surface area contributed by atoms with E-state index in [1.54, 1.807) is 0 Å². The van der Waals surface area contributed by atoms with Gasteiger partial charge in [0.25, 0.3) is 0 Å². The SMILES string of the molecule is COC(=O)Cc1nc2ccc(N)cn2c1CN1CCCCCC1. The first-order chi connectivity index (χ1) is 11.2. The Kier molecular flexibility index (Phi) is 4.81. The second kappa shape index (κ2) is 7.00. The van der Waals surface area contributed by atoms with Crippen molar-refractivity contribution >= 4 is 17.3 Å². The van der Waals surface area contributed by atoms with Crippen LogP contribution >= 0.6 is 0 Å². The van der Waals surface area contributed by atoms with Crippen LogP contribution in [0.15, 0.2) is 18.3 Å². The van der Waals surface area contributed by atoms with Gasteiger partial charge in [-0.1, -0.05) is 12.8 Å². The number of aromatic nitrogens is 2. The number of hydrogen-bond donors (Lipinski definition) is 1. The number of nitrogen functional groups attached to an aromatic ring is 1. The van der Waals surface area contributed by atoms with Crippen LogP contribution < -0.4 is 5.73 Å². The monoisotopic (exact) mass is 316 g/mol. The van der Waals surface area contributed by atoms with E-state index in [2.05, 4.69) is 9.88 Å². The number of rotatable bonds is 4. The summed E-state index contributed by atoms with van der Waals surface area (Å²) >= 11 is 0. The number of esters is 1. The molecule has 0 aliphatic carbocycles. The van der Waals surface area contributed by atoms with E-state index in [0.29, 0.717) is 5.69 Å². The zero-order valence-electron chi connectivity index (χ0n) is 13.6. The Morgan fingerprint density at radius 3 is 2.70 bits per heavy atom. The predicted octanol–water partition coefficient (Wildman–Crippen LogP) is 2.01. The summed E-state index contributed by atoms with van der Waals surface area (Å²) in [5.41, 5.74) is 9.27. The summed E-state index contributed by atoms with van der Waals surface area (Å²) in [5.74, 6) is -0.265. The van der Waals surface area contributed by atoms with E-state index in [0.717, 1.165) is 36.7 Å². The standard InChI is InChI=1S/C17H24N4O2/c1-23-17(22)10-14-15(12-20-8-4-2-3-5-9-20)21-11-13(18)6-7-16(21)19-14/h6-7,11H,2-5,8-10,12,18H2,1H3. The van der Waals surface area contributed by atoms with Crippen molar-refractivity contribution < 1.29 is 9.53 Å². The molecule has 0 atom stereocenters. The lowest BCUT2D eigenvalue weighted by Crippen LogP contribution is -2.25. The normalized spacial score (nSPS) is 16.4. The highest BCUT2D eigenvalue weighted by Crippen LogP contribution is 2.20. The van der Waals surface area contributed by atoms with Crippen molar-refractivity contribution in [1.29, 1.82) is 0 Å². The van der Waals surface area contributed by atoms with Crippen molar-refractivity contribution in [3.63, 3.8) is 0 Å². The van der Waals surface area contributed by atoms with Crippen molar-refractivity contribution in [1.82, 2.24) is 14.3 Å². The Bertz CT molecular complexity index is 687. The van der Waals surface area contributed by atoms with Crippen molar-refractivity contribution in [3.8, 4) is 0 Å². The highest BCUT2D eigenvalue weighted by molar-refractivity contribution is 5.72. The summed E-state index contributed by atoms with van der Waals surface area (Å²) in [7, 11) is 1.41. The minimum atomic E-state index is -0.265. The zero-order valence-corrected chi connectivity index (χ0v) is 13.6. The maximum absolute atomic E-state index is 11.7. The highest BCUT2D eigenvalue weighted by atomic mass is 16.5.